The van der Waals surface area contributed by atoms with Crippen molar-refractivity contribution in [1.29, 1.82) is 0 Å². The lowest BCUT2D eigenvalue weighted by Gasteiger charge is -2.28. The first-order valence-corrected chi connectivity index (χ1v) is 10.5. The van der Waals surface area contributed by atoms with Gasteiger partial charge in [-0.2, -0.15) is 9.97 Å². The standard InChI is InChI=1S/C20H25ClF2N4O2/c1-11(2)10-28-19-13-8-24-18(21)16(23)17(13)25-20(26-19)29-15-6-5-12(22)9-27-7-3-4-14(15)27/h8,11-12,14-15H,3-7,9-10H2,1-2H3/t12-,14-,15?/m1/s1. The SMILES string of the molecule is CC(C)COc1nc(OC2CC[C@@H](F)CN3CCC[C@H]23)nc2c(F)c(Cl)ncc12. The summed E-state index contributed by atoms with van der Waals surface area (Å²) in [6.07, 6.45) is 3.21. The second-order valence-electron chi connectivity index (χ2n) is 8.18. The molecule has 2 saturated heterocycles. The summed E-state index contributed by atoms with van der Waals surface area (Å²) in [7, 11) is 0. The number of alkyl halides is 1. The van der Waals surface area contributed by atoms with Crippen LogP contribution >= 0.6 is 11.6 Å². The van der Waals surface area contributed by atoms with Gasteiger partial charge in [-0.15, -0.1) is 0 Å². The first-order valence-electron chi connectivity index (χ1n) is 10.1. The van der Waals surface area contributed by atoms with Gasteiger partial charge in [-0.3, -0.25) is 4.90 Å². The molecule has 2 fully saturated rings. The molecule has 2 aliphatic rings. The largest absolute Gasteiger partial charge is 0.477 e. The third kappa shape index (κ3) is 4.38. The van der Waals surface area contributed by atoms with Crippen molar-refractivity contribution in [2.75, 3.05) is 19.7 Å². The van der Waals surface area contributed by atoms with Gasteiger partial charge in [-0.05, 0) is 38.1 Å². The molecule has 0 bridgehead atoms. The van der Waals surface area contributed by atoms with E-state index in [2.05, 4.69) is 19.9 Å². The van der Waals surface area contributed by atoms with Gasteiger partial charge in [-0.25, -0.2) is 13.8 Å². The van der Waals surface area contributed by atoms with Gasteiger partial charge in [0.1, 0.15) is 17.8 Å². The fraction of sp³-hybridized carbons (Fsp3) is 0.650. The molecule has 158 valence electrons. The second kappa shape index (κ2) is 8.52. The van der Waals surface area contributed by atoms with Crippen LogP contribution in [0.4, 0.5) is 8.78 Å². The van der Waals surface area contributed by atoms with Crippen molar-refractivity contribution >= 4 is 22.5 Å². The Morgan fingerprint density at radius 3 is 2.90 bits per heavy atom. The van der Waals surface area contributed by atoms with Crippen LogP contribution in [-0.2, 0) is 0 Å². The molecule has 0 aromatic carbocycles. The van der Waals surface area contributed by atoms with E-state index in [9.17, 15) is 8.78 Å². The molecule has 0 radical (unpaired) electrons. The third-order valence-electron chi connectivity index (χ3n) is 5.44. The number of pyridine rings is 1. The molecule has 0 spiro atoms. The summed E-state index contributed by atoms with van der Waals surface area (Å²) in [5.74, 6) is -0.273. The van der Waals surface area contributed by atoms with Crippen molar-refractivity contribution in [1.82, 2.24) is 19.9 Å². The molecule has 0 N–H and O–H groups in total. The maximum absolute atomic E-state index is 14.6. The van der Waals surface area contributed by atoms with Crippen molar-refractivity contribution in [2.45, 2.75) is 57.8 Å². The Kier molecular flexibility index (Phi) is 6.01. The van der Waals surface area contributed by atoms with Crippen molar-refractivity contribution < 1.29 is 18.3 Å². The Morgan fingerprint density at radius 1 is 1.28 bits per heavy atom. The number of nitrogens with zero attached hydrogens (tertiary/aromatic N) is 4. The van der Waals surface area contributed by atoms with Crippen LogP contribution in [0.25, 0.3) is 10.9 Å². The molecule has 2 aromatic rings. The molecular weight excluding hydrogens is 402 g/mol. The van der Waals surface area contributed by atoms with Crippen LogP contribution in [0, 0.1) is 11.7 Å². The van der Waals surface area contributed by atoms with E-state index in [0.29, 0.717) is 31.4 Å². The Balaban J connectivity index is 1.68. The highest BCUT2D eigenvalue weighted by atomic mass is 35.5. The molecule has 2 aliphatic heterocycles. The highest BCUT2D eigenvalue weighted by Crippen LogP contribution is 2.33. The van der Waals surface area contributed by atoms with Gasteiger partial charge in [0.25, 0.3) is 0 Å². The first-order chi connectivity index (χ1) is 13.9. The van der Waals surface area contributed by atoms with Gasteiger partial charge in [0.2, 0.25) is 5.88 Å². The van der Waals surface area contributed by atoms with Crippen LogP contribution in [0.2, 0.25) is 5.15 Å². The Labute approximate surface area is 173 Å². The quantitative estimate of drug-likeness (QED) is 0.668. The number of aromatic nitrogens is 3. The zero-order valence-electron chi connectivity index (χ0n) is 16.6. The maximum Gasteiger partial charge on any atom is 0.320 e. The second-order valence-corrected chi connectivity index (χ2v) is 8.53. The Morgan fingerprint density at radius 2 is 2.10 bits per heavy atom. The lowest BCUT2D eigenvalue weighted by molar-refractivity contribution is 0.0899. The van der Waals surface area contributed by atoms with E-state index >= 15 is 0 Å². The van der Waals surface area contributed by atoms with E-state index in [1.165, 1.54) is 6.20 Å². The Bertz CT molecular complexity index is 885. The van der Waals surface area contributed by atoms with Crippen LogP contribution in [0.3, 0.4) is 0 Å². The smallest absolute Gasteiger partial charge is 0.320 e. The van der Waals surface area contributed by atoms with E-state index < -0.39 is 12.0 Å². The summed E-state index contributed by atoms with van der Waals surface area (Å²) in [5, 5.41) is 0.0701. The van der Waals surface area contributed by atoms with Gasteiger partial charge in [0, 0.05) is 18.8 Å². The highest BCUT2D eigenvalue weighted by Gasteiger charge is 2.38. The van der Waals surface area contributed by atoms with Crippen molar-refractivity contribution in [3.8, 4) is 11.9 Å². The number of fused-ring (bicyclic) bond motifs is 2. The summed E-state index contributed by atoms with van der Waals surface area (Å²) >= 11 is 5.85. The van der Waals surface area contributed by atoms with Crippen molar-refractivity contribution in [3.05, 3.63) is 17.2 Å². The van der Waals surface area contributed by atoms with Gasteiger partial charge in [-0.1, -0.05) is 25.4 Å². The summed E-state index contributed by atoms with van der Waals surface area (Å²) in [6.45, 7) is 5.71. The predicted molar refractivity (Wildman–Crippen MR) is 106 cm³/mol. The van der Waals surface area contributed by atoms with Crippen LogP contribution in [0.15, 0.2) is 6.20 Å². The van der Waals surface area contributed by atoms with Crippen LogP contribution < -0.4 is 9.47 Å². The van der Waals surface area contributed by atoms with Gasteiger partial charge in [0.05, 0.1) is 12.0 Å². The molecule has 4 rings (SSSR count). The van der Waals surface area contributed by atoms with Crippen molar-refractivity contribution in [2.24, 2.45) is 5.92 Å². The zero-order valence-corrected chi connectivity index (χ0v) is 17.3. The average molecular weight is 427 g/mol. The van der Waals surface area contributed by atoms with Gasteiger partial charge in [0.15, 0.2) is 11.0 Å². The minimum absolute atomic E-state index is 0.00836. The number of rotatable bonds is 5. The summed E-state index contributed by atoms with van der Waals surface area (Å²) in [6, 6.07) is 0.132. The van der Waals surface area contributed by atoms with Crippen LogP contribution in [-0.4, -0.2) is 57.9 Å². The molecule has 0 aliphatic carbocycles. The monoisotopic (exact) mass is 426 g/mol. The molecule has 1 unspecified atom stereocenters. The van der Waals surface area contributed by atoms with Gasteiger partial charge >= 0.3 is 6.01 Å². The molecule has 3 atom stereocenters. The van der Waals surface area contributed by atoms with Gasteiger partial charge < -0.3 is 9.47 Å². The normalized spacial score (nSPS) is 25.2. The number of halogens is 3. The molecule has 0 amide bonds. The maximum atomic E-state index is 14.6. The van der Waals surface area contributed by atoms with Crippen molar-refractivity contribution in [3.63, 3.8) is 0 Å². The summed E-state index contributed by atoms with van der Waals surface area (Å²) in [5.41, 5.74) is 0.00836. The molecular formula is C20H25ClF2N4O2. The Hall–Kier alpha value is -1.80. The third-order valence-corrected chi connectivity index (χ3v) is 5.70. The molecule has 9 heteroatoms. The lowest BCUT2D eigenvalue weighted by Crippen LogP contribution is -2.41. The van der Waals surface area contributed by atoms with E-state index in [1.807, 2.05) is 13.8 Å². The predicted octanol–water partition coefficient (Wildman–Crippen LogP) is 4.20. The first kappa shape index (κ1) is 20.5. The number of hydrogen-bond acceptors (Lipinski definition) is 6. The lowest BCUT2D eigenvalue weighted by atomic mass is 10.0. The van der Waals surface area contributed by atoms with Crippen LogP contribution in [0.5, 0.6) is 11.9 Å². The summed E-state index contributed by atoms with van der Waals surface area (Å²) in [4.78, 5) is 14.6. The molecule has 0 saturated carbocycles. The average Bonchev–Trinajstić information content (AvgIpc) is 3.08. The zero-order chi connectivity index (χ0) is 20.5. The number of hydrogen-bond donors (Lipinski definition) is 0. The minimum atomic E-state index is -0.867. The number of ether oxygens (including phenoxy) is 2. The minimum Gasteiger partial charge on any atom is -0.477 e. The van der Waals surface area contributed by atoms with Crippen LogP contribution in [0.1, 0.15) is 39.5 Å². The van der Waals surface area contributed by atoms with E-state index in [-0.39, 0.29) is 40.6 Å². The van der Waals surface area contributed by atoms with E-state index in [0.717, 1.165) is 19.4 Å². The highest BCUT2D eigenvalue weighted by molar-refractivity contribution is 6.30. The summed E-state index contributed by atoms with van der Waals surface area (Å²) < 4.78 is 40.6. The topological polar surface area (TPSA) is 60.4 Å². The molecule has 6 nitrogen and oxygen atoms in total. The molecule has 2 aromatic heterocycles. The fourth-order valence-electron chi connectivity index (χ4n) is 4.05. The van der Waals surface area contributed by atoms with E-state index in [1.54, 1.807) is 0 Å². The molecule has 4 heterocycles. The molecule has 29 heavy (non-hydrogen) atoms. The fourth-order valence-corrected chi connectivity index (χ4v) is 4.19. The van der Waals surface area contributed by atoms with E-state index in [4.69, 9.17) is 21.1 Å².